The summed E-state index contributed by atoms with van der Waals surface area (Å²) in [7, 11) is 0. The molecular weight excluding hydrogens is 220 g/mol. The van der Waals surface area contributed by atoms with Crippen LogP contribution in [0.5, 0.6) is 0 Å². The van der Waals surface area contributed by atoms with Crippen LogP contribution < -0.4 is 5.73 Å². The Morgan fingerprint density at radius 3 is 3.12 bits per heavy atom. The second kappa shape index (κ2) is 4.55. The molecule has 0 spiro atoms. The average Bonchev–Trinajstić information content (AvgIpc) is 2.74. The summed E-state index contributed by atoms with van der Waals surface area (Å²) in [4.78, 5) is 15.4. The standard InChI is InChI=1S/C12H18N2OS/c1-3-10-9-5-7-16-11(9)4-6-14(10)12(15)8(2)13/h5,7-8,10H,3-4,6,13H2,1-2H3/t8-,10?/m0/s1. The number of hydrogen-bond donors (Lipinski definition) is 1. The molecule has 0 aliphatic carbocycles. The first-order valence-electron chi connectivity index (χ1n) is 5.77. The zero-order chi connectivity index (χ0) is 11.7. The summed E-state index contributed by atoms with van der Waals surface area (Å²) in [5, 5.41) is 2.12. The maximum absolute atomic E-state index is 12.0. The summed E-state index contributed by atoms with van der Waals surface area (Å²) in [6, 6.07) is 1.98. The lowest BCUT2D eigenvalue weighted by Crippen LogP contribution is -2.46. The minimum atomic E-state index is -0.394. The minimum absolute atomic E-state index is 0.0729. The van der Waals surface area contributed by atoms with Crippen LogP contribution in [-0.4, -0.2) is 23.4 Å². The molecule has 16 heavy (non-hydrogen) atoms. The third kappa shape index (κ3) is 1.87. The van der Waals surface area contributed by atoms with Gasteiger partial charge in [0.2, 0.25) is 5.91 Å². The molecule has 2 rings (SSSR count). The number of carbonyl (C=O) groups excluding carboxylic acids is 1. The smallest absolute Gasteiger partial charge is 0.239 e. The van der Waals surface area contributed by atoms with Gasteiger partial charge >= 0.3 is 0 Å². The summed E-state index contributed by atoms with van der Waals surface area (Å²) in [6.45, 7) is 4.70. The lowest BCUT2D eigenvalue weighted by Gasteiger charge is -2.36. The van der Waals surface area contributed by atoms with Crippen molar-refractivity contribution < 1.29 is 4.79 Å². The average molecular weight is 238 g/mol. The van der Waals surface area contributed by atoms with Crippen LogP contribution in [0.25, 0.3) is 0 Å². The summed E-state index contributed by atoms with van der Waals surface area (Å²) < 4.78 is 0. The molecule has 0 bridgehead atoms. The van der Waals surface area contributed by atoms with Gasteiger partial charge < -0.3 is 10.6 Å². The van der Waals surface area contributed by atoms with Gasteiger partial charge in [-0.05, 0) is 36.8 Å². The maximum Gasteiger partial charge on any atom is 0.239 e. The predicted octanol–water partition coefficient (Wildman–Crippen LogP) is 1.93. The normalized spacial score (nSPS) is 21.7. The van der Waals surface area contributed by atoms with Gasteiger partial charge in [0.25, 0.3) is 0 Å². The van der Waals surface area contributed by atoms with Gasteiger partial charge in [-0.15, -0.1) is 11.3 Å². The molecule has 0 saturated carbocycles. The first-order valence-corrected chi connectivity index (χ1v) is 6.65. The van der Waals surface area contributed by atoms with Crippen LogP contribution in [0.15, 0.2) is 11.4 Å². The molecule has 0 saturated heterocycles. The van der Waals surface area contributed by atoms with Crippen molar-refractivity contribution in [2.75, 3.05) is 6.54 Å². The minimum Gasteiger partial charge on any atom is -0.334 e. The monoisotopic (exact) mass is 238 g/mol. The van der Waals surface area contributed by atoms with E-state index in [2.05, 4.69) is 18.4 Å². The van der Waals surface area contributed by atoms with Crippen LogP contribution in [0.2, 0.25) is 0 Å². The highest BCUT2D eigenvalue weighted by atomic mass is 32.1. The molecule has 1 aliphatic rings. The predicted molar refractivity (Wildman–Crippen MR) is 66.4 cm³/mol. The van der Waals surface area contributed by atoms with Crippen molar-refractivity contribution >= 4 is 17.2 Å². The van der Waals surface area contributed by atoms with E-state index in [-0.39, 0.29) is 11.9 Å². The lowest BCUT2D eigenvalue weighted by molar-refractivity contribution is -0.135. The van der Waals surface area contributed by atoms with Crippen molar-refractivity contribution in [3.63, 3.8) is 0 Å². The zero-order valence-electron chi connectivity index (χ0n) is 9.77. The molecule has 1 aromatic rings. The van der Waals surface area contributed by atoms with E-state index >= 15 is 0 Å². The Morgan fingerprint density at radius 1 is 1.75 bits per heavy atom. The molecule has 1 aromatic heterocycles. The Balaban J connectivity index is 2.27. The molecule has 1 unspecified atom stereocenters. The molecule has 2 N–H and O–H groups in total. The third-order valence-corrected chi connectivity index (χ3v) is 4.15. The first-order chi connectivity index (χ1) is 7.65. The quantitative estimate of drug-likeness (QED) is 0.855. The second-order valence-electron chi connectivity index (χ2n) is 4.29. The van der Waals surface area contributed by atoms with Crippen molar-refractivity contribution in [1.82, 2.24) is 4.90 Å². The summed E-state index contributed by atoms with van der Waals surface area (Å²) in [5.41, 5.74) is 7.02. The summed E-state index contributed by atoms with van der Waals surface area (Å²) in [6.07, 6.45) is 1.93. The topological polar surface area (TPSA) is 46.3 Å². The van der Waals surface area contributed by atoms with Crippen LogP contribution in [0, 0.1) is 0 Å². The molecule has 0 aromatic carbocycles. The summed E-state index contributed by atoms with van der Waals surface area (Å²) >= 11 is 1.80. The number of amides is 1. The highest BCUT2D eigenvalue weighted by Gasteiger charge is 2.31. The number of thiophene rings is 1. The number of nitrogens with zero attached hydrogens (tertiary/aromatic N) is 1. The van der Waals surface area contributed by atoms with Gasteiger partial charge in [0.05, 0.1) is 12.1 Å². The molecule has 3 nitrogen and oxygen atoms in total. The molecule has 0 radical (unpaired) electrons. The van der Waals surface area contributed by atoms with Crippen molar-refractivity contribution in [1.29, 1.82) is 0 Å². The molecular formula is C12H18N2OS. The van der Waals surface area contributed by atoms with Crippen molar-refractivity contribution in [2.24, 2.45) is 5.73 Å². The number of hydrogen-bond acceptors (Lipinski definition) is 3. The van der Waals surface area contributed by atoms with E-state index in [1.165, 1.54) is 10.4 Å². The molecule has 0 fully saturated rings. The van der Waals surface area contributed by atoms with Crippen LogP contribution in [-0.2, 0) is 11.2 Å². The van der Waals surface area contributed by atoms with Gasteiger partial charge in [-0.3, -0.25) is 4.79 Å². The van der Waals surface area contributed by atoms with Gasteiger partial charge in [0.15, 0.2) is 0 Å². The molecule has 4 heteroatoms. The van der Waals surface area contributed by atoms with Crippen LogP contribution in [0.3, 0.4) is 0 Å². The van der Waals surface area contributed by atoms with Gasteiger partial charge in [0.1, 0.15) is 0 Å². The van der Waals surface area contributed by atoms with Gasteiger partial charge in [-0.1, -0.05) is 6.92 Å². The van der Waals surface area contributed by atoms with Gasteiger partial charge in [-0.2, -0.15) is 0 Å². The Hall–Kier alpha value is -0.870. The molecule has 1 aliphatic heterocycles. The lowest BCUT2D eigenvalue weighted by atomic mass is 9.97. The molecule has 2 heterocycles. The largest absolute Gasteiger partial charge is 0.334 e. The van der Waals surface area contributed by atoms with Crippen LogP contribution in [0.4, 0.5) is 0 Å². The molecule has 88 valence electrons. The van der Waals surface area contributed by atoms with Crippen LogP contribution >= 0.6 is 11.3 Å². The SMILES string of the molecule is CCC1c2ccsc2CCN1C(=O)[C@H](C)N. The van der Waals surface area contributed by atoms with E-state index in [1.807, 2.05) is 4.90 Å². The number of fused-ring (bicyclic) bond motifs is 1. The first kappa shape index (κ1) is 11.6. The fraction of sp³-hybridized carbons (Fsp3) is 0.583. The van der Waals surface area contributed by atoms with E-state index < -0.39 is 6.04 Å². The molecule has 1 amide bonds. The Bertz CT molecular complexity index is 386. The van der Waals surface area contributed by atoms with Gasteiger partial charge in [0, 0.05) is 11.4 Å². The van der Waals surface area contributed by atoms with E-state index in [0.29, 0.717) is 0 Å². The fourth-order valence-corrected chi connectivity index (χ4v) is 3.29. The van der Waals surface area contributed by atoms with E-state index in [9.17, 15) is 4.79 Å². The van der Waals surface area contributed by atoms with E-state index in [0.717, 1.165) is 19.4 Å². The van der Waals surface area contributed by atoms with Gasteiger partial charge in [-0.25, -0.2) is 0 Å². The van der Waals surface area contributed by atoms with E-state index in [4.69, 9.17) is 5.73 Å². The Labute approximate surface area is 100 Å². The van der Waals surface area contributed by atoms with Crippen LogP contribution in [0.1, 0.15) is 36.8 Å². The second-order valence-corrected chi connectivity index (χ2v) is 5.29. The maximum atomic E-state index is 12.0. The number of rotatable bonds is 2. The van der Waals surface area contributed by atoms with Crippen molar-refractivity contribution in [3.05, 3.63) is 21.9 Å². The van der Waals surface area contributed by atoms with Crippen molar-refractivity contribution in [2.45, 2.75) is 38.8 Å². The van der Waals surface area contributed by atoms with Crippen molar-refractivity contribution in [3.8, 4) is 0 Å². The summed E-state index contributed by atoms with van der Waals surface area (Å²) in [5.74, 6) is 0.0729. The zero-order valence-corrected chi connectivity index (χ0v) is 10.6. The number of nitrogens with two attached hydrogens (primary N) is 1. The third-order valence-electron chi connectivity index (χ3n) is 3.15. The van der Waals surface area contributed by atoms with E-state index in [1.54, 1.807) is 18.3 Å². The number of carbonyl (C=O) groups is 1. The Morgan fingerprint density at radius 2 is 2.50 bits per heavy atom. The highest BCUT2D eigenvalue weighted by molar-refractivity contribution is 7.10. The molecule has 2 atom stereocenters. The fourth-order valence-electron chi connectivity index (χ4n) is 2.36. The highest BCUT2D eigenvalue weighted by Crippen LogP contribution is 2.35. The Kier molecular flexibility index (Phi) is 3.30.